The second-order valence-electron chi connectivity index (χ2n) is 6.43. The molecule has 0 amide bonds. The van der Waals surface area contributed by atoms with Crippen LogP contribution in [0.2, 0.25) is 10.0 Å². The molecule has 0 bridgehead atoms. The highest BCUT2D eigenvalue weighted by Gasteiger charge is 2.35. The molecule has 0 aliphatic carbocycles. The lowest BCUT2D eigenvalue weighted by Crippen LogP contribution is -2.15. The molecule has 0 saturated heterocycles. The van der Waals surface area contributed by atoms with Gasteiger partial charge in [0.05, 0.1) is 5.02 Å². The van der Waals surface area contributed by atoms with Crippen molar-refractivity contribution in [2.24, 2.45) is 12.2 Å². The van der Waals surface area contributed by atoms with Gasteiger partial charge in [-0.25, -0.2) is 4.68 Å². The van der Waals surface area contributed by atoms with Gasteiger partial charge in [0.15, 0.2) is 5.69 Å². The van der Waals surface area contributed by atoms with Crippen LogP contribution in [0.4, 0.5) is 13.2 Å². The molecule has 0 saturated carbocycles. The van der Waals surface area contributed by atoms with Gasteiger partial charge in [0.2, 0.25) is 5.88 Å². The molecule has 170 valence electrons. The van der Waals surface area contributed by atoms with Crippen LogP contribution in [0.5, 0.6) is 17.4 Å². The van der Waals surface area contributed by atoms with Crippen molar-refractivity contribution in [2.75, 3.05) is 13.2 Å². The third-order valence-corrected chi connectivity index (χ3v) is 4.65. The van der Waals surface area contributed by atoms with E-state index in [1.807, 2.05) is 0 Å². The van der Waals surface area contributed by atoms with Gasteiger partial charge in [-0.1, -0.05) is 28.4 Å². The van der Waals surface area contributed by atoms with Crippen molar-refractivity contribution in [3.8, 4) is 17.4 Å². The van der Waals surface area contributed by atoms with Crippen LogP contribution in [-0.4, -0.2) is 28.7 Å². The third-order valence-electron chi connectivity index (χ3n) is 4.09. The Bertz CT molecular complexity index is 1100. The van der Waals surface area contributed by atoms with Crippen LogP contribution in [-0.2, 0) is 18.1 Å². The molecular weight excluding hydrogens is 470 g/mol. The molecular formula is C21H18Cl2F3N3O3. The molecule has 32 heavy (non-hydrogen) atoms. The zero-order chi connectivity index (χ0) is 23.3. The Morgan fingerprint density at radius 2 is 1.75 bits per heavy atom. The van der Waals surface area contributed by atoms with E-state index in [9.17, 15) is 13.2 Å². The van der Waals surface area contributed by atoms with E-state index in [2.05, 4.69) is 10.3 Å². The Hall–Kier alpha value is -2.91. The molecule has 11 heteroatoms. The number of oxime groups is 1. The summed E-state index contributed by atoms with van der Waals surface area (Å²) in [5.74, 6) is 0.959. The second-order valence-corrected chi connectivity index (χ2v) is 7.27. The van der Waals surface area contributed by atoms with Crippen LogP contribution >= 0.6 is 23.2 Å². The molecule has 0 unspecified atom stereocenters. The lowest BCUT2D eigenvalue weighted by atomic mass is 10.1. The predicted molar refractivity (Wildman–Crippen MR) is 115 cm³/mol. The van der Waals surface area contributed by atoms with Gasteiger partial charge < -0.3 is 14.3 Å². The van der Waals surface area contributed by atoms with Crippen molar-refractivity contribution >= 4 is 28.9 Å². The molecule has 0 aliphatic rings. The van der Waals surface area contributed by atoms with E-state index < -0.39 is 11.9 Å². The molecule has 6 nitrogen and oxygen atoms in total. The Morgan fingerprint density at radius 1 is 1.06 bits per heavy atom. The molecule has 0 fully saturated rings. The van der Waals surface area contributed by atoms with Crippen LogP contribution < -0.4 is 9.47 Å². The van der Waals surface area contributed by atoms with E-state index in [1.54, 1.807) is 49.4 Å². The minimum atomic E-state index is -4.58. The van der Waals surface area contributed by atoms with Gasteiger partial charge in [0, 0.05) is 29.8 Å². The molecule has 0 aliphatic heterocycles. The molecule has 0 atom stereocenters. The Labute approximate surface area is 192 Å². The summed E-state index contributed by atoms with van der Waals surface area (Å²) in [6.45, 7) is 1.82. The highest BCUT2D eigenvalue weighted by Crippen LogP contribution is 2.31. The molecule has 0 N–H and O–H groups in total. The second kappa shape index (κ2) is 10.1. The zero-order valence-electron chi connectivity index (χ0n) is 17.0. The van der Waals surface area contributed by atoms with Crippen molar-refractivity contribution in [1.82, 2.24) is 9.78 Å². The number of nitrogens with zero attached hydrogens (tertiary/aromatic N) is 3. The number of hydrogen-bond donors (Lipinski definition) is 0. The molecule has 1 heterocycles. The maximum atomic E-state index is 12.9. The molecule has 0 spiro atoms. The van der Waals surface area contributed by atoms with Crippen LogP contribution in [0.25, 0.3) is 0 Å². The number of hydrogen-bond acceptors (Lipinski definition) is 5. The first kappa shape index (κ1) is 23.7. The fourth-order valence-electron chi connectivity index (χ4n) is 2.59. The summed E-state index contributed by atoms with van der Waals surface area (Å²) in [5, 5.41) is 8.28. The Kier molecular flexibility index (Phi) is 7.52. The lowest BCUT2D eigenvalue weighted by Gasteiger charge is -2.12. The highest BCUT2D eigenvalue weighted by molar-refractivity contribution is 6.34. The average Bonchev–Trinajstić information content (AvgIpc) is 3.12. The summed E-state index contributed by atoms with van der Waals surface area (Å²) < 4.78 is 50.8. The summed E-state index contributed by atoms with van der Waals surface area (Å²) >= 11 is 12.3. The first-order valence-corrected chi connectivity index (χ1v) is 10.1. The summed E-state index contributed by atoms with van der Waals surface area (Å²) in [7, 11) is 1.35. The third kappa shape index (κ3) is 6.08. The highest BCUT2D eigenvalue weighted by atomic mass is 35.5. The first-order chi connectivity index (χ1) is 15.2. The standard InChI is InChI=1S/C21H18Cl2F3N3O3/c1-3-31-28-18(12-30-20-11-19(21(24,25)26)27-29(20)2)16-9-8-15(10-17(16)23)32-14-6-4-13(22)5-7-14/h4-11H,3,12H2,1-2H3/b28-18-. The minimum Gasteiger partial charge on any atom is -0.471 e. The normalized spacial score (nSPS) is 12.0. The van der Waals surface area contributed by atoms with Crippen molar-refractivity contribution in [2.45, 2.75) is 13.1 Å². The largest absolute Gasteiger partial charge is 0.471 e. The van der Waals surface area contributed by atoms with Crippen LogP contribution in [0.15, 0.2) is 53.7 Å². The van der Waals surface area contributed by atoms with Gasteiger partial charge in [-0.3, -0.25) is 0 Å². The lowest BCUT2D eigenvalue weighted by molar-refractivity contribution is -0.141. The summed E-state index contributed by atoms with van der Waals surface area (Å²) in [6, 6.07) is 12.5. The zero-order valence-corrected chi connectivity index (χ0v) is 18.5. The monoisotopic (exact) mass is 487 g/mol. The van der Waals surface area contributed by atoms with Gasteiger partial charge in [-0.05, 0) is 43.3 Å². The van der Waals surface area contributed by atoms with E-state index >= 15 is 0 Å². The van der Waals surface area contributed by atoms with Gasteiger partial charge in [0.1, 0.15) is 30.4 Å². The fourth-order valence-corrected chi connectivity index (χ4v) is 3.00. The summed E-state index contributed by atoms with van der Waals surface area (Å²) in [5.41, 5.74) is -0.300. The Morgan fingerprint density at radius 3 is 2.34 bits per heavy atom. The first-order valence-electron chi connectivity index (χ1n) is 9.33. The topological polar surface area (TPSA) is 57.9 Å². The van der Waals surface area contributed by atoms with Crippen molar-refractivity contribution in [3.05, 3.63) is 69.8 Å². The van der Waals surface area contributed by atoms with E-state index in [1.165, 1.54) is 7.05 Å². The van der Waals surface area contributed by atoms with Crippen molar-refractivity contribution in [1.29, 1.82) is 0 Å². The average molecular weight is 488 g/mol. The van der Waals surface area contributed by atoms with Crippen LogP contribution in [0, 0.1) is 0 Å². The number of aryl methyl sites for hydroxylation is 1. The number of aromatic nitrogens is 2. The predicted octanol–water partition coefficient (Wildman–Crippen LogP) is 6.36. The van der Waals surface area contributed by atoms with E-state index in [0.717, 1.165) is 10.7 Å². The summed E-state index contributed by atoms with van der Waals surface area (Å²) in [6.07, 6.45) is -4.58. The van der Waals surface area contributed by atoms with Gasteiger partial charge in [-0.15, -0.1) is 0 Å². The maximum Gasteiger partial charge on any atom is 0.435 e. The summed E-state index contributed by atoms with van der Waals surface area (Å²) in [4.78, 5) is 5.12. The number of rotatable bonds is 8. The molecule has 3 rings (SSSR count). The number of benzene rings is 2. The number of halogens is 5. The molecule has 1 aromatic heterocycles. The van der Waals surface area contributed by atoms with E-state index in [4.69, 9.17) is 37.5 Å². The van der Waals surface area contributed by atoms with Gasteiger partial charge in [-0.2, -0.15) is 18.3 Å². The van der Waals surface area contributed by atoms with Crippen molar-refractivity contribution < 1.29 is 27.5 Å². The molecule has 0 radical (unpaired) electrons. The SMILES string of the molecule is CCO/N=C(/COc1cc(C(F)(F)F)nn1C)c1ccc(Oc2ccc(Cl)cc2)cc1Cl. The molecule has 2 aromatic carbocycles. The number of alkyl halides is 3. The number of ether oxygens (including phenoxy) is 2. The molecule has 3 aromatic rings. The van der Waals surface area contributed by atoms with Crippen molar-refractivity contribution in [3.63, 3.8) is 0 Å². The quantitative estimate of drug-likeness (QED) is 0.274. The van der Waals surface area contributed by atoms with E-state index in [-0.39, 0.29) is 24.8 Å². The minimum absolute atomic E-state index is 0.0830. The fraction of sp³-hybridized carbons (Fsp3) is 0.238. The van der Waals surface area contributed by atoms with Crippen LogP contribution in [0.1, 0.15) is 18.2 Å². The Balaban J connectivity index is 1.78. The van der Waals surface area contributed by atoms with Gasteiger partial charge in [0.25, 0.3) is 0 Å². The van der Waals surface area contributed by atoms with E-state index in [0.29, 0.717) is 27.1 Å². The van der Waals surface area contributed by atoms with Gasteiger partial charge >= 0.3 is 6.18 Å². The smallest absolute Gasteiger partial charge is 0.435 e. The maximum absolute atomic E-state index is 12.9. The van der Waals surface area contributed by atoms with Crippen LogP contribution in [0.3, 0.4) is 0 Å².